The van der Waals surface area contributed by atoms with Crippen molar-refractivity contribution in [1.82, 2.24) is 0 Å². The van der Waals surface area contributed by atoms with Gasteiger partial charge in [-0.1, -0.05) is 42.5 Å². The summed E-state index contributed by atoms with van der Waals surface area (Å²) in [4.78, 5) is 2.36. The summed E-state index contributed by atoms with van der Waals surface area (Å²) >= 11 is 0. The first-order chi connectivity index (χ1) is 11.5. The molecule has 0 saturated heterocycles. The van der Waals surface area contributed by atoms with E-state index in [0.717, 1.165) is 24.2 Å². The van der Waals surface area contributed by atoms with Crippen molar-refractivity contribution in [1.29, 1.82) is 0 Å². The SMILES string of the molecule is FC(F)(F)Cc1cccc([S+](C2=CC=CCC2)C2C=CC=CC2)c1. The molecule has 0 saturated carbocycles. The van der Waals surface area contributed by atoms with Crippen LogP contribution in [-0.4, -0.2) is 11.4 Å². The second-order valence-electron chi connectivity index (χ2n) is 5.96. The van der Waals surface area contributed by atoms with Crippen LogP contribution in [0.3, 0.4) is 0 Å². The van der Waals surface area contributed by atoms with E-state index in [0.29, 0.717) is 10.8 Å². The maximum atomic E-state index is 12.7. The van der Waals surface area contributed by atoms with Gasteiger partial charge in [0.25, 0.3) is 0 Å². The van der Waals surface area contributed by atoms with Gasteiger partial charge in [-0.3, -0.25) is 0 Å². The van der Waals surface area contributed by atoms with Crippen LogP contribution in [-0.2, 0) is 17.3 Å². The Morgan fingerprint density at radius 3 is 2.62 bits per heavy atom. The third-order valence-corrected chi connectivity index (χ3v) is 6.68. The summed E-state index contributed by atoms with van der Waals surface area (Å²) in [6, 6.07) is 7.07. The summed E-state index contributed by atoms with van der Waals surface area (Å²) in [6.45, 7) is 0. The van der Waals surface area contributed by atoms with Gasteiger partial charge in [0.05, 0.1) is 17.3 Å². The van der Waals surface area contributed by atoms with Crippen LogP contribution in [0.5, 0.6) is 0 Å². The molecule has 0 nitrogen and oxygen atoms in total. The molecule has 1 aromatic rings. The Kier molecular flexibility index (Phi) is 5.34. The average Bonchev–Trinajstić information content (AvgIpc) is 2.56. The topological polar surface area (TPSA) is 0 Å². The summed E-state index contributed by atoms with van der Waals surface area (Å²) in [6.07, 6.45) is 12.7. The molecule has 2 unspecified atom stereocenters. The first-order valence-corrected chi connectivity index (χ1v) is 9.39. The lowest BCUT2D eigenvalue weighted by Gasteiger charge is -2.20. The van der Waals surface area contributed by atoms with Gasteiger partial charge in [0, 0.05) is 12.8 Å². The van der Waals surface area contributed by atoms with Crippen LogP contribution in [0.2, 0.25) is 0 Å². The number of hydrogen-bond acceptors (Lipinski definition) is 0. The fourth-order valence-corrected chi connectivity index (χ4v) is 5.70. The van der Waals surface area contributed by atoms with Gasteiger partial charge in [-0.25, -0.2) is 0 Å². The normalized spacial score (nSPS) is 21.6. The molecule has 1 aromatic carbocycles. The van der Waals surface area contributed by atoms with Crippen molar-refractivity contribution >= 4 is 10.9 Å². The number of benzene rings is 1. The average molecular weight is 349 g/mol. The highest BCUT2D eigenvalue weighted by atomic mass is 32.2. The third kappa shape index (κ3) is 4.44. The molecule has 2 atom stereocenters. The number of halogens is 3. The van der Waals surface area contributed by atoms with E-state index in [2.05, 4.69) is 30.4 Å². The molecule has 0 radical (unpaired) electrons. The zero-order chi connectivity index (χ0) is 17.0. The zero-order valence-electron chi connectivity index (χ0n) is 13.3. The van der Waals surface area contributed by atoms with E-state index in [1.807, 2.05) is 18.2 Å². The van der Waals surface area contributed by atoms with Gasteiger partial charge < -0.3 is 0 Å². The minimum absolute atomic E-state index is 0.195. The first kappa shape index (κ1) is 17.2. The van der Waals surface area contributed by atoms with Crippen molar-refractivity contribution < 1.29 is 13.2 Å². The van der Waals surface area contributed by atoms with Crippen LogP contribution in [0.15, 0.2) is 76.6 Å². The molecular formula is C20H20F3S+. The van der Waals surface area contributed by atoms with Gasteiger partial charge in [-0.2, -0.15) is 13.2 Å². The standard InChI is InChI=1S/C20H20F3S/c21-20(22,23)15-16-8-7-13-19(14-16)24(17-9-3-1-4-10-17)18-11-5-2-6-12-18/h1-5,7-9,11,13-14,17H,6,10,12,15H2/q+1. The molecule has 0 spiro atoms. The molecule has 3 rings (SSSR count). The van der Waals surface area contributed by atoms with Gasteiger partial charge in [-0.05, 0) is 36.3 Å². The first-order valence-electron chi connectivity index (χ1n) is 8.11. The van der Waals surface area contributed by atoms with E-state index >= 15 is 0 Å². The van der Waals surface area contributed by atoms with Crippen molar-refractivity contribution in [2.24, 2.45) is 0 Å². The van der Waals surface area contributed by atoms with E-state index in [9.17, 15) is 13.2 Å². The zero-order valence-corrected chi connectivity index (χ0v) is 14.1. The molecule has 2 aliphatic rings. The van der Waals surface area contributed by atoms with E-state index < -0.39 is 12.6 Å². The summed E-state index contributed by atoms with van der Waals surface area (Å²) < 4.78 is 38.2. The maximum Gasteiger partial charge on any atom is 0.393 e. The molecule has 24 heavy (non-hydrogen) atoms. The Labute approximate surface area is 143 Å². The lowest BCUT2D eigenvalue weighted by atomic mass is 10.1. The number of rotatable bonds is 4. The van der Waals surface area contributed by atoms with Crippen LogP contribution in [0.25, 0.3) is 0 Å². The van der Waals surface area contributed by atoms with Gasteiger partial charge in [-0.15, -0.1) is 0 Å². The highest BCUT2D eigenvalue weighted by Crippen LogP contribution is 2.35. The van der Waals surface area contributed by atoms with Crippen LogP contribution in [0.4, 0.5) is 13.2 Å². The quantitative estimate of drug-likeness (QED) is 0.595. The molecule has 0 bridgehead atoms. The summed E-state index contributed by atoms with van der Waals surface area (Å²) in [5, 5.41) is 0.328. The predicted octanol–water partition coefficient (Wildman–Crippen LogP) is 5.89. The molecule has 0 amide bonds. The monoisotopic (exact) mass is 349 g/mol. The summed E-state index contributed by atoms with van der Waals surface area (Å²) in [5.74, 6) is 0. The number of alkyl halides is 3. The second kappa shape index (κ2) is 7.47. The van der Waals surface area contributed by atoms with Crippen molar-refractivity contribution in [2.75, 3.05) is 0 Å². The fraction of sp³-hybridized carbons (Fsp3) is 0.300. The Balaban J connectivity index is 1.94. The Hall–Kier alpha value is -1.68. The Morgan fingerprint density at radius 1 is 1.08 bits per heavy atom. The van der Waals surface area contributed by atoms with Gasteiger partial charge >= 0.3 is 6.18 Å². The summed E-state index contributed by atoms with van der Waals surface area (Å²) in [5.41, 5.74) is 0.347. The maximum absolute atomic E-state index is 12.7. The van der Waals surface area contributed by atoms with E-state index in [1.165, 1.54) is 4.91 Å². The molecule has 0 N–H and O–H groups in total. The minimum Gasteiger partial charge on any atom is -0.171 e. The molecule has 0 fully saturated rings. The molecule has 4 heteroatoms. The number of hydrogen-bond donors (Lipinski definition) is 0. The van der Waals surface area contributed by atoms with Crippen LogP contribution < -0.4 is 0 Å². The van der Waals surface area contributed by atoms with Gasteiger partial charge in [0.15, 0.2) is 10.1 Å². The summed E-state index contributed by atoms with van der Waals surface area (Å²) in [7, 11) is -0.195. The van der Waals surface area contributed by atoms with Gasteiger partial charge in [0.1, 0.15) is 4.91 Å². The molecule has 0 heterocycles. The van der Waals surface area contributed by atoms with Crippen molar-refractivity contribution in [3.63, 3.8) is 0 Å². The second-order valence-corrected chi connectivity index (χ2v) is 8.24. The highest BCUT2D eigenvalue weighted by Gasteiger charge is 2.36. The smallest absolute Gasteiger partial charge is 0.171 e. The van der Waals surface area contributed by atoms with Crippen molar-refractivity contribution in [3.05, 3.63) is 77.3 Å². The number of allylic oxidation sites excluding steroid dienone is 7. The lowest BCUT2D eigenvalue weighted by molar-refractivity contribution is -0.127. The molecule has 0 aromatic heterocycles. The van der Waals surface area contributed by atoms with E-state index in [-0.39, 0.29) is 10.9 Å². The Morgan fingerprint density at radius 2 is 1.96 bits per heavy atom. The third-order valence-electron chi connectivity index (χ3n) is 4.06. The fourth-order valence-electron chi connectivity index (χ4n) is 3.04. The van der Waals surface area contributed by atoms with E-state index in [1.54, 1.807) is 18.2 Å². The Bertz CT molecular complexity index is 695. The lowest BCUT2D eigenvalue weighted by Crippen LogP contribution is -2.23. The molecular weight excluding hydrogens is 329 g/mol. The van der Waals surface area contributed by atoms with Crippen molar-refractivity contribution in [2.45, 2.75) is 42.0 Å². The molecule has 0 aliphatic heterocycles. The molecule has 2 aliphatic carbocycles. The van der Waals surface area contributed by atoms with Crippen LogP contribution in [0, 0.1) is 0 Å². The van der Waals surface area contributed by atoms with Crippen molar-refractivity contribution in [3.8, 4) is 0 Å². The van der Waals surface area contributed by atoms with Gasteiger partial charge in [0.2, 0.25) is 0 Å². The molecule has 126 valence electrons. The van der Waals surface area contributed by atoms with Crippen LogP contribution in [0.1, 0.15) is 24.8 Å². The van der Waals surface area contributed by atoms with E-state index in [4.69, 9.17) is 0 Å². The van der Waals surface area contributed by atoms with Crippen LogP contribution >= 0.6 is 0 Å². The minimum atomic E-state index is -4.17. The largest absolute Gasteiger partial charge is 0.393 e. The highest BCUT2D eigenvalue weighted by molar-refractivity contribution is 8.01. The predicted molar refractivity (Wildman–Crippen MR) is 95.0 cm³/mol.